The monoisotopic (exact) mass is 442 g/mol. The van der Waals surface area contributed by atoms with E-state index >= 15 is 0 Å². The van der Waals surface area contributed by atoms with E-state index in [2.05, 4.69) is 15.3 Å². The summed E-state index contributed by atoms with van der Waals surface area (Å²) >= 11 is 0. The zero-order valence-corrected chi connectivity index (χ0v) is 18.3. The van der Waals surface area contributed by atoms with Gasteiger partial charge in [0.15, 0.2) is 0 Å². The fraction of sp³-hybridized carbons (Fsp3) is 0.500. The molecule has 2 fully saturated rings. The van der Waals surface area contributed by atoms with Gasteiger partial charge >= 0.3 is 6.03 Å². The van der Waals surface area contributed by atoms with Crippen LogP contribution in [0, 0.1) is 5.92 Å². The number of amides is 4. The van der Waals surface area contributed by atoms with Crippen LogP contribution < -0.4 is 15.8 Å². The van der Waals surface area contributed by atoms with E-state index in [-0.39, 0.29) is 24.3 Å². The number of primary amides is 1. The first-order chi connectivity index (χ1) is 15.5. The quantitative estimate of drug-likeness (QED) is 0.531. The third-order valence-corrected chi connectivity index (χ3v) is 5.53. The first-order valence-corrected chi connectivity index (χ1v) is 10.9. The molecule has 4 amide bonds. The number of carbonyl (C=O) groups excluding carboxylic acids is 3. The molecule has 0 bridgehead atoms. The van der Waals surface area contributed by atoms with E-state index in [0.717, 1.165) is 38.8 Å². The topological polar surface area (TPSA) is 130 Å². The van der Waals surface area contributed by atoms with Crippen LogP contribution >= 0.6 is 0 Å². The largest absolute Gasteiger partial charge is 0.497 e. The number of hydrogen-bond donors (Lipinski definition) is 2. The van der Waals surface area contributed by atoms with E-state index in [1.807, 2.05) is 4.90 Å². The molecule has 1 atom stereocenters. The molecule has 3 N–H and O–H groups in total. The summed E-state index contributed by atoms with van der Waals surface area (Å²) in [5.74, 6) is 0.00997. The van der Waals surface area contributed by atoms with Crippen molar-refractivity contribution in [3.63, 3.8) is 0 Å². The highest BCUT2D eigenvalue weighted by molar-refractivity contribution is 6.03. The number of carbonyl (C=O) groups is 3. The Balaban J connectivity index is 1.71. The Morgan fingerprint density at radius 1 is 1.16 bits per heavy atom. The van der Waals surface area contributed by atoms with Crippen LogP contribution in [0.3, 0.4) is 0 Å². The summed E-state index contributed by atoms with van der Waals surface area (Å²) < 4.78 is 5.12. The van der Waals surface area contributed by atoms with Gasteiger partial charge in [0.25, 0.3) is 0 Å². The molecule has 0 saturated carbocycles. The molecule has 1 aromatic rings. The molecule has 10 heteroatoms. The summed E-state index contributed by atoms with van der Waals surface area (Å²) in [6.45, 7) is 2.16. The maximum Gasteiger partial charge on any atom is 0.319 e. The van der Waals surface area contributed by atoms with Crippen molar-refractivity contribution in [2.75, 3.05) is 33.3 Å². The van der Waals surface area contributed by atoms with Crippen molar-refractivity contribution in [2.24, 2.45) is 21.6 Å². The Morgan fingerprint density at radius 2 is 1.84 bits per heavy atom. The van der Waals surface area contributed by atoms with Gasteiger partial charge in [-0.15, -0.1) is 0 Å². The van der Waals surface area contributed by atoms with Gasteiger partial charge in [-0.2, -0.15) is 0 Å². The van der Waals surface area contributed by atoms with Crippen LogP contribution in [0.1, 0.15) is 32.1 Å². The van der Waals surface area contributed by atoms with Crippen molar-refractivity contribution < 1.29 is 19.1 Å². The molecule has 1 aromatic carbocycles. The molecule has 0 radical (unpaired) electrons. The van der Waals surface area contributed by atoms with Crippen molar-refractivity contribution in [3.8, 4) is 5.75 Å². The summed E-state index contributed by atoms with van der Waals surface area (Å²) in [7, 11) is 1.56. The predicted molar refractivity (Wildman–Crippen MR) is 121 cm³/mol. The predicted octanol–water partition coefficient (Wildman–Crippen LogP) is 1.67. The average Bonchev–Trinajstić information content (AvgIpc) is 3.26. The number of nitrogens with one attached hydrogen (secondary N) is 1. The zero-order valence-electron chi connectivity index (χ0n) is 18.3. The molecule has 1 unspecified atom stereocenters. The Hall–Kier alpha value is -3.43. The van der Waals surface area contributed by atoms with Crippen molar-refractivity contribution >= 4 is 35.7 Å². The molecule has 2 saturated heterocycles. The number of urea groups is 1. The normalized spacial score (nSPS) is 19.8. The molecule has 0 aromatic heterocycles. The van der Waals surface area contributed by atoms with Crippen molar-refractivity contribution in [2.45, 2.75) is 32.1 Å². The molecule has 2 aliphatic rings. The summed E-state index contributed by atoms with van der Waals surface area (Å²) in [4.78, 5) is 48.9. The lowest BCUT2D eigenvalue weighted by molar-refractivity contribution is -0.140. The number of methoxy groups -OCH3 is 1. The highest BCUT2D eigenvalue weighted by atomic mass is 16.5. The number of nitrogens with zero attached hydrogens (tertiary/aromatic N) is 4. The number of guanidine groups is 1. The van der Waals surface area contributed by atoms with E-state index < -0.39 is 11.9 Å². The maximum atomic E-state index is 13.1. The van der Waals surface area contributed by atoms with Crippen LogP contribution in [-0.4, -0.2) is 73.1 Å². The minimum Gasteiger partial charge on any atom is -0.497 e. The molecule has 0 spiro atoms. The average molecular weight is 443 g/mol. The van der Waals surface area contributed by atoms with E-state index in [1.165, 1.54) is 6.21 Å². The number of aliphatic imine (C=N–C) groups is 2. The number of ether oxygens (including phenoxy) is 1. The van der Waals surface area contributed by atoms with Gasteiger partial charge in [0.2, 0.25) is 17.8 Å². The van der Waals surface area contributed by atoms with Crippen molar-refractivity contribution in [3.05, 3.63) is 24.3 Å². The van der Waals surface area contributed by atoms with Gasteiger partial charge in [0.05, 0.1) is 25.3 Å². The Bertz CT molecular complexity index is 877. The molecule has 0 aliphatic carbocycles. The van der Waals surface area contributed by atoms with Crippen molar-refractivity contribution in [1.82, 2.24) is 15.1 Å². The van der Waals surface area contributed by atoms with E-state index in [0.29, 0.717) is 24.4 Å². The van der Waals surface area contributed by atoms with Gasteiger partial charge in [-0.3, -0.25) is 14.9 Å². The van der Waals surface area contributed by atoms with Crippen molar-refractivity contribution in [1.29, 1.82) is 0 Å². The van der Waals surface area contributed by atoms with Crippen LogP contribution in [-0.2, 0) is 9.59 Å². The van der Waals surface area contributed by atoms with E-state index in [9.17, 15) is 14.4 Å². The van der Waals surface area contributed by atoms with Gasteiger partial charge < -0.3 is 20.3 Å². The molecular weight excluding hydrogens is 412 g/mol. The van der Waals surface area contributed by atoms with E-state index in [4.69, 9.17) is 10.5 Å². The molecular formula is C22H30N6O4. The Labute approximate surface area is 187 Å². The van der Waals surface area contributed by atoms with Gasteiger partial charge in [-0.1, -0.05) is 6.42 Å². The number of rotatable bonds is 5. The molecule has 32 heavy (non-hydrogen) atoms. The van der Waals surface area contributed by atoms with Gasteiger partial charge in [-0.25, -0.2) is 14.8 Å². The van der Waals surface area contributed by atoms with Gasteiger partial charge in [0, 0.05) is 25.8 Å². The number of nitrogens with two attached hydrogens (primary N) is 1. The lowest BCUT2D eigenvalue weighted by Gasteiger charge is -2.25. The third kappa shape index (κ3) is 6.53. The zero-order chi connectivity index (χ0) is 22.9. The second kappa shape index (κ2) is 11.3. The highest BCUT2D eigenvalue weighted by Crippen LogP contribution is 2.19. The minimum absolute atomic E-state index is 0.00871. The van der Waals surface area contributed by atoms with Gasteiger partial charge in [0.1, 0.15) is 5.75 Å². The highest BCUT2D eigenvalue weighted by Gasteiger charge is 2.29. The van der Waals surface area contributed by atoms with Crippen LogP contribution in [0.15, 0.2) is 34.3 Å². The summed E-state index contributed by atoms with van der Waals surface area (Å²) in [6.07, 6.45) is 5.79. The van der Waals surface area contributed by atoms with Crippen LogP contribution in [0.5, 0.6) is 5.75 Å². The molecule has 3 rings (SSSR count). The summed E-state index contributed by atoms with van der Waals surface area (Å²) in [5, 5.41) is 2.38. The third-order valence-electron chi connectivity index (χ3n) is 5.53. The molecule has 10 nitrogen and oxygen atoms in total. The summed E-state index contributed by atoms with van der Waals surface area (Å²) in [5.41, 5.74) is 5.79. The van der Waals surface area contributed by atoms with Crippen LogP contribution in [0.2, 0.25) is 0 Å². The first-order valence-electron chi connectivity index (χ1n) is 10.9. The standard InChI is InChI=1S/C22H30N6O4/c1-32-18-9-7-17(8-10-18)25-22(26-21(23)31)24-14-16-6-2-3-13-28(20(16)30)15-19(29)27-11-4-5-12-27/h7-10,14,16H,2-6,11-13,15H2,1H3,(H3,23,25,26,31)/b24-14-. The molecule has 2 heterocycles. The van der Waals surface area contributed by atoms with Gasteiger partial charge in [-0.05, 0) is 49.9 Å². The Kier molecular flexibility index (Phi) is 8.18. The second-order valence-corrected chi connectivity index (χ2v) is 7.85. The lowest BCUT2D eigenvalue weighted by atomic mass is 10.0. The minimum atomic E-state index is -0.806. The first kappa shape index (κ1) is 23.2. The van der Waals surface area contributed by atoms with Crippen LogP contribution in [0.25, 0.3) is 0 Å². The fourth-order valence-electron chi connectivity index (χ4n) is 3.80. The number of hydrogen-bond acceptors (Lipinski definition) is 5. The maximum absolute atomic E-state index is 13.1. The fourth-order valence-corrected chi connectivity index (χ4v) is 3.80. The Morgan fingerprint density at radius 3 is 2.50 bits per heavy atom. The van der Waals surface area contributed by atoms with Crippen LogP contribution in [0.4, 0.5) is 10.5 Å². The summed E-state index contributed by atoms with van der Waals surface area (Å²) in [6, 6.07) is 6.07. The number of benzene rings is 1. The molecule has 172 valence electrons. The SMILES string of the molecule is COc1ccc(N=C(/N=C\C2CCCCN(CC(=O)N3CCCC3)C2=O)NC(N)=O)cc1. The number of likely N-dealkylation sites (tertiary alicyclic amines) is 2. The lowest BCUT2D eigenvalue weighted by Crippen LogP contribution is -2.44. The van der Waals surface area contributed by atoms with E-state index in [1.54, 1.807) is 36.3 Å². The smallest absolute Gasteiger partial charge is 0.319 e. The molecule has 2 aliphatic heterocycles. The second-order valence-electron chi connectivity index (χ2n) is 7.85.